The van der Waals surface area contributed by atoms with Crippen LogP contribution in [0.15, 0.2) is 18.2 Å². The Kier molecular flexibility index (Phi) is 5.88. The van der Waals surface area contributed by atoms with Crippen molar-refractivity contribution >= 4 is 22.6 Å². The molecule has 0 bridgehead atoms. The second-order valence-electron chi connectivity index (χ2n) is 5.49. The van der Waals surface area contributed by atoms with E-state index in [4.69, 9.17) is 21.1 Å². The van der Waals surface area contributed by atoms with Gasteiger partial charge in [0.15, 0.2) is 0 Å². The molecule has 0 radical (unpaired) electrons. The molecule has 0 amide bonds. The van der Waals surface area contributed by atoms with Crippen LogP contribution in [-0.2, 0) is 17.2 Å². The van der Waals surface area contributed by atoms with Gasteiger partial charge >= 0.3 is 0 Å². The zero-order valence-electron chi connectivity index (χ0n) is 12.9. The summed E-state index contributed by atoms with van der Waals surface area (Å²) in [6, 6.07) is 5.90. The summed E-state index contributed by atoms with van der Waals surface area (Å²) >= 11 is 6.01. The Hall–Kier alpha value is -1.26. The van der Waals surface area contributed by atoms with E-state index in [1.165, 1.54) is 0 Å². The summed E-state index contributed by atoms with van der Waals surface area (Å²) < 4.78 is 13.1. The van der Waals surface area contributed by atoms with Crippen LogP contribution in [0, 0.1) is 5.92 Å². The van der Waals surface area contributed by atoms with Gasteiger partial charge in [0, 0.05) is 25.8 Å². The summed E-state index contributed by atoms with van der Waals surface area (Å²) in [5.41, 5.74) is 2.02. The van der Waals surface area contributed by atoms with Crippen LogP contribution in [0.2, 0.25) is 0 Å². The first-order valence-electron chi connectivity index (χ1n) is 7.32. The molecule has 1 aromatic heterocycles. The highest BCUT2D eigenvalue weighted by atomic mass is 35.5. The second-order valence-corrected chi connectivity index (χ2v) is 5.76. The SMILES string of the molecule is COc1ccc2nc(CCl)n(CCCOCC(C)C)c2c1. The number of aryl methyl sites for hydroxylation is 1. The van der Waals surface area contributed by atoms with E-state index in [-0.39, 0.29) is 0 Å². The number of hydrogen-bond acceptors (Lipinski definition) is 3. The fourth-order valence-corrected chi connectivity index (χ4v) is 2.48. The number of alkyl halides is 1. The largest absolute Gasteiger partial charge is 0.497 e. The number of rotatable bonds is 8. The van der Waals surface area contributed by atoms with E-state index in [2.05, 4.69) is 23.4 Å². The van der Waals surface area contributed by atoms with Gasteiger partial charge in [0.05, 0.1) is 24.0 Å². The normalized spacial score (nSPS) is 11.5. The van der Waals surface area contributed by atoms with Gasteiger partial charge in [0.2, 0.25) is 0 Å². The molecular weight excluding hydrogens is 288 g/mol. The van der Waals surface area contributed by atoms with Gasteiger partial charge in [0.1, 0.15) is 11.6 Å². The molecule has 5 heteroatoms. The molecule has 0 saturated heterocycles. The molecule has 0 aliphatic heterocycles. The molecule has 0 N–H and O–H groups in total. The Bertz CT molecular complexity index is 581. The van der Waals surface area contributed by atoms with Crippen molar-refractivity contribution < 1.29 is 9.47 Å². The van der Waals surface area contributed by atoms with E-state index in [0.29, 0.717) is 11.8 Å². The number of aromatic nitrogens is 2. The topological polar surface area (TPSA) is 36.3 Å². The standard InChI is InChI=1S/C16H23ClN2O2/c1-12(2)11-21-8-4-7-19-15-9-13(20-3)5-6-14(15)18-16(19)10-17/h5-6,9,12H,4,7-8,10-11H2,1-3H3. The van der Waals surface area contributed by atoms with Gasteiger partial charge in [-0.15, -0.1) is 11.6 Å². The molecule has 0 unspecified atom stereocenters. The predicted molar refractivity (Wildman–Crippen MR) is 86.1 cm³/mol. The Labute approximate surface area is 131 Å². The number of hydrogen-bond donors (Lipinski definition) is 0. The number of benzene rings is 1. The summed E-state index contributed by atoms with van der Waals surface area (Å²) in [6.07, 6.45) is 0.944. The highest BCUT2D eigenvalue weighted by Gasteiger charge is 2.10. The third kappa shape index (κ3) is 4.11. The van der Waals surface area contributed by atoms with Crippen molar-refractivity contribution in [3.63, 3.8) is 0 Å². The lowest BCUT2D eigenvalue weighted by Crippen LogP contribution is -2.08. The molecule has 4 nitrogen and oxygen atoms in total. The molecule has 1 aromatic carbocycles. The fourth-order valence-electron chi connectivity index (χ4n) is 2.27. The Balaban J connectivity index is 2.09. The van der Waals surface area contributed by atoms with Gasteiger partial charge in [-0.25, -0.2) is 4.98 Å². The molecule has 2 rings (SSSR count). The summed E-state index contributed by atoms with van der Waals surface area (Å²) in [5.74, 6) is 2.70. The molecule has 2 aromatic rings. The van der Waals surface area contributed by atoms with E-state index in [0.717, 1.165) is 48.8 Å². The number of ether oxygens (including phenoxy) is 2. The van der Waals surface area contributed by atoms with Crippen molar-refractivity contribution in [2.75, 3.05) is 20.3 Å². The summed E-state index contributed by atoms with van der Waals surface area (Å²) in [4.78, 5) is 4.57. The van der Waals surface area contributed by atoms with E-state index in [1.54, 1.807) is 7.11 Å². The minimum Gasteiger partial charge on any atom is -0.497 e. The van der Waals surface area contributed by atoms with Crippen LogP contribution in [0.25, 0.3) is 11.0 Å². The lowest BCUT2D eigenvalue weighted by Gasteiger charge is -2.10. The molecule has 116 valence electrons. The van der Waals surface area contributed by atoms with E-state index < -0.39 is 0 Å². The van der Waals surface area contributed by atoms with Crippen LogP contribution in [0.5, 0.6) is 5.75 Å². The molecule has 0 saturated carbocycles. The minimum atomic E-state index is 0.407. The van der Waals surface area contributed by atoms with Crippen molar-refractivity contribution in [3.05, 3.63) is 24.0 Å². The monoisotopic (exact) mass is 310 g/mol. The first-order chi connectivity index (χ1) is 10.2. The number of halogens is 1. The second kappa shape index (κ2) is 7.66. The Morgan fingerprint density at radius 2 is 2.14 bits per heavy atom. The third-order valence-electron chi connectivity index (χ3n) is 3.28. The van der Waals surface area contributed by atoms with Crippen molar-refractivity contribution in [3.8, 4) is 5.75 Å². The van der Waals surface area contributed by atoms with Crippen LogP contribution in [-0.4, -0.2) is 29.9 Å². The average Bonchev–Trinajstić information content (AvgIpc) is 2.83. The molecule has 21 heavy (non-hydrogen) atoms. The van der Waals surface area contributed by atoms with E-state index in [1.807, 2.05) is 18.2 Å². The maximum atomic E-state index is 6.01. The molecule has 0 aliphatic rings. The number of fused-ring (bicyclic) bond motifs is 1. The first kappa shape index (κ1) is 16.1. The summed E-state index contributed by atoms with van der Waals surface area (Å²) in [7, 11) is 1.67. The van der Waals surface area contributed by atoms with Crippen molar-refractivity contribution in [2.45, 2.75) is 32.7 Å². The number of nitrogens with zero attached hydrogens (tertiary/aromatic N) is 2. The van der Waals surface area contributed by atoms with Gasteiger partial charge < -0.3 is 14.0 Å². The van der Waals surface area contributed by atoms with Crippen LogP contribution < -0.4 is 4.74 Å². The van der Waals surface area contributed by atoms with E-state index in [9.17, 15) is 0 Å². The van der Waals surface area contributed by atoms with Gasteiger partial charge in [-0.2, -0.15) is 0 Å². The highest BCUT2D eigenvalue weighted by molar-refractivity contribution is 6.16. The van der Waals surface area contributed by atoms with Gasteiger partial charge in [-0.3, -0.25) is 0 Å². The minimum absolute atomic E-state index is 0.407. The molecule has 0 fully saturated rings. The Morgan fingerprint density at radius 3 is 2.81 bits per heavy atom. The maximum Gasteiger partial charge on any atom is 0.124 e. The van der Waals surface area contributed by atoms with Crippen LogP contribution >= 0.6 is 11.6 Å². The van der Waals surface area contributed by atoms with Crippen LogP contribution in [0.1, 0.15) is 26.1 Å². The predicted octanol–water partition coefficient (Wildman–Crippen LogP) is 3.85. The third-order valence-corrected chi connectivity index (χ3v) is 3.51. The number of methoxy groups -OCH3 is 1. The smallest absolute Gasteiger partial charge is 0.124 e. The van der Waals surface area contributed by atoms with Crippen molar-refractivity contribution in [1.29, 1.82) is 0 Å². The summed E-state index contributed by atoms with van der Waals surface area (Å²) in [5, 5.41) is 0. The number of imidazole rings is 1. The molecule has 0 aliphatic carbocycles. The molecule has 0 spiro atoms. The van der Waals surface area contributed by atoms with Crippen molar-refractivity contribution in [2.24, 2.45) is 5.92 Å². The Morgan fingerprint density at radius 1 is 1.33 bits per heavy atom. The van der Waals surface area contributed by atoms with Gasteiger partial charge in [-0.1, -0.05) is 13.8 Å². The van der Waals surface area contributed by atoms with Gasteiger partial charge in [-0.05, 0) is 24.5 Å². The first-order valence-corrected chi connectivity index (χ1v) is 7.86. The van der Waals surface area contributed by atoms with E-state index >= 15 is 0 Å². The maximum absolute atomic E-state index is 6.01. The lowest BCUT2D eigenvalue weighted by molar-refractivity contribution is 0.105. The lowest BCUT2D eigenvalue weighted by atomic mass is 10.2. The zero-order chi connectivity index (χ0) is 15.2. The van der Waals surface area contributed by atoms with Crippen LogP contribution in [0.3, 0.4) is 0 Å². The zero-order valence-corrected chi connectivity index (χ0v) is 13.7. The fraction of sp³-hybridized carbons (Fsp3) is 0.562. The van der Waals surface area contributed by atoms with Crippen LogP contribution in [0.4, 0.5) is 0 Å². The molecule has 0 atom stereocenters. The van der Waals surface area contributed by atoms with Crippen molar-refractivity contribution in [1.82, 2.24) is 9.55 Å². The van der Waals surface area contributed by atoms with Gasteiger partial charge in [0.25, 0.3) is 0 Å². The average molecular weight is 311 g/mol. The quantitative estimate of drug-likeness (QED) is 0.549. The summed E-state index contributed by atoms with van der Waals surface area (Å²) in [6.45, 7) is 6.72. The molecule has 1 heterocycles. The highest BCUT2D eigenvalue weighted by Crippen LogP contribution is 2.23. The molecular formula is C16H23ClN2O2.